The Hall–Kier alpha value is -2.55. The Kier molecular flexibility index (Phi) is 6.23. The summed E-state index contributed by atoms with van der Waals surface area (Å²) in [6, 6.07) is 6.36. The van der Waals surface area contributed by atoms with Crippen LogP contribution in [0.4, 0.5) is 5.69 Å². The molecule has 0 aliphatic heterocycles. The molecule has 3 aromatic rings. The SMILES string of the molecule is Cc1nc(-c2ncccn2)sc1C(=O)OC(C)C(=O)Nc1cc(Cl)ccc1Cl. The summed E-state index contributed by atoms with van der Waals surface area (Å²) in [7, 11) is 0. The lowest BCUT2D eigenvalue weighted by Crippen LogP contribution is -2.30. The van der Waals surface area contributed by atoms with Gasteiger partial charge >= 0.3 is 5.97 Å². The second-order valence-corrected chi connectivity index (χ2v) is 7.51. The van der Waals surface area contributed by atoms with E-state index in [4.69, 9.17) is 27.9 Å². The maximum atomic E-state index is 12.5. The first-order valence-electron chi connectivity index (χ1n) is 8.07. The average molecular weight is 437 g/mol. The predicted molar refractivity (Wildman–Crippen MR) is 108 cm³/mol. The maximum Gasteiger partial charge on any atom is 0.351 e. The van der Waals surface area contributed by atoms with E-state index in [9.17, 15) is 9.59 Å². The van der Waals surface area contributed by atoms with Crippen molar-refractivity contribution in [2.24, 2.45) is 0 Å². The highest BCUT2D eigenvalue weighted by Gasteiger charge is 2.24. The topological polar surface area (TPSA) is 94.1 Å². The van der Waals surface area contributed by atoms with Gasteiger partial charge in [-0.3, -0.25) is 4.79 Å². The Bertz CT molecular complexity index is 1030. The van der Waals surface area contributed by atoms with Gasteiger partial charge in [0, 0.05) is 17.4 Å². The van der Waals surface area contributed by atoms with Gasteiger partial charge in [0.05, 0.1) is 16.4 Å². The van der Waals surface area contributed by atoms with Gasteiger partial charge in [-0.1, -0.05) is 23.2 Å². The number of carbonyl (C=O) groups excluding carboxylic acids is 2. The summed E-state index contributed by atoms with van der Waals surface area (Å²) in [5, 5.41) is 3.82. The smallest absolute Gasteiger partial charge is 0.351 e. The second-order valence-electron chi connectivity index (χ2n) is 5.67. The van der Waals surface area contributed by atoms with Crippen molar-refractivity contribution >= 4 is 52.1 Å². The van der Waals surface area contributed by atoms with Gasteiger partial charge in [-0.15, -0.1) is 11.3 Å². The van der Waals surface area contributed by atoms with Crippen LogP contribution < -0.4 is 5.32 Å². The molecule has 2 aromatic heterocycles. The maximum absolute atomic E-state index is 12.5. The molecule has 1 aromatic carbocycles. The Morgan fingerprint density at radius 2 is 1.93 bits per heavy atom. The average Bonchev–Trinajstić information content (AvgIpc) is 3.07. The number of aromatic nitrogens is 3. The fourth-order valence-corrected chi connectivity index (χ4v) is 3.42. The normalized spacial score (nSPS) is 11.7. The minimum atomic E-state index is -1.06. The van der Waals surface area contributed by atoms with Crippen molar-refractivity contribution in [3.63, 3.8) is 0 Å². The van der Waals surface area contributed by atoms with Crippen LogP contribution in [0.5, 0.6) is 0 Å². The summed E-state index contributed by atoms with van der Waals surface area (Å²) < 4.78 is 5.27. The van der Waals surface area contributed by atoms with Crippen LogP contribution in [0.3, 0.4) is 0 Å². The van der Waals surface area contributed by atoms with Crippen molar-refractivity contribution in [1.82, 2.24) is 15.0 Å². The monoisotopic (exact) mass is 436 g/mol. The van der Waals surface area contributed by atoms with Crippen LogP contribution in [-0.4, -0.2) is 32.9 Å². The number of amides is 1. The summed E-state index contributed by atoms with van der Waals surface area (Å²) in [6.45, 7) is 3.14. The molecule has 144 valence electrons. The van der Waals surface area contributed by atoms with Gasteiger partial charge in [-0.2, -0.15) is 0 Å². The highest BCUT2D eigenvalue weighted by atomic mass is 35.5. The second kappa shape index (κ2) is 8.64. The Morgan fingerprint density at radius 1 is 1.21 bits per heavy atom. The van der Waals surface area contributed by atoms with E-state index in [0.29, 0.717) is 32.3 Å². The molecular weight excluding hydrogens is 423 g/mol. The molecule has 0 radical (unpaired) electrons. The molecule has 1 N–H and O–H groups in total. The number of thiazole rings is 1. The van der Waals surface area contributed by atoms with Gasteiger partial charge in [0.25, 0.3) is 5.91 Å². The van der Waals surface area contributed by atoms with E-state index in [0.717, 1.165) is 11.3 Å². The number of aryl methyl sites for hydroxylation is 1. The molecule has 28 heavy (non-hydrogen) atoms. The highest BCUT2D eigenvalue weighted by Crippen LogP contribution is 2.27. The van der Waals surface area contributed by atoms with E-state index >= 15 is 0 Å². The van der Waals surface area contributed by atoms with Gasteiger partial charge in [0.1, 0.15) is 4.88 Å². The Morgan fingerprint density at radius 3 is 2.64 bits per heavy atom. The van der Waals surface area contributed by atoms with Gasteiger partial charge in [0.2, 0.25) is 0 Å². The molecule has 0 fully saturated rings. The van der Waals surface area contributed by atoms with E-state index < -0.39 is 18.0 Å². The summed E-state index contributed by atoms with van der Waals surface area (Å²) in [6.07, 6.45) is 2.12. The molecular formula is C18H14Cl2N4O3S. The zero-order chi connectivity index (χ0) is 20.3. The van der Waals surface area contributed by atoms with Crippen LogP contribution in [-0.2, 0) is 9.53 Å². The lowest BCUT2D eigenvalue weighted by atomic mass is 10.3. The summed E-state index contributed by atoms with van der Waals surface area (Å²) >= 11 is 13.0. The van der Waals surface area contributed by atoms with Crippen LogP contribution in [0.25, 0.3) is 10.8 Å². The lowest BCUT2D eigenvalue weighted by molar-refractivity contribution is -0.123. The number of anilines is 1. The third-order valence-corrected chi connectivity index (χ3v) is 5.28. The number of esters is 1. The fourth-order valence-electron chi connectivity index (χ4n) is 2.19. The van der Waals surface area contributed by atoms with Crippen molar-refractivity contribution in [3.05, 3.63) is 57.3 Å². The minimum absolute atomic E-state index is 0.280. The van der Waals surface area contributed by atoms with Gasteiger partial charge < -0.3 is 10.1 Å². The van der Waals surface area contributed by atoms with Gasteiger partial charge in [-0.05, 0) is 38.1 Å². The highest BCUT2D eigenvalue weighted by molar-refractivity contribution is 7.16. The van der Waals surface area contributed by atoms with Crippen molar-refractivity contribution in [2.45, 2.75) is 20.0 Å². The summed E-state index contributed by atoms with van der Waals surface area (Å²) in [4.78, 5) is 37.6. The molecule has 1 amide bonds. The van der Waals surface area contributed by atoms with Gasteiger partial charge in [-0.25, -0.2) is 19.7 Å². The van der Waals surface area contributed by atoms with Crippen LogP contribution >= 0.6 is 34.5 Å². The number of rotatable bonds is 5. The molecule has 0 saturated carbocycles. The molecule has 10 heteroatoms. The molecule has 0 spiro atoms. The van der Waals surface area contributed by atoms with E-state index in [1.165, 1.54) is 13.0 Å². The molecule has 0 aliphatic rings. The number of nitrogens with zero attached hydrogens (tertiary/aromatic N) is 3. The number of benzene rings is 1. The Labute approximate surface area is 174 Å². The number of hydrogen-bond acceptors (Lipinski definition) is 7. The molecule has 1 atom stereocenters. The van der Waals surface area contributed by atoms with Crippen molar-refractivity contribution < 1.29 is 14.3 Å². The lowest BCUT2D eigenvalue weighted by Gasteiger charge is -2.14. The number of ether oxygens (including phenoxy) is 1. The van der Waals surface area contributed by atoms with Crippen molar-refractivity contribution in [2.75, 3.05) is 5.32 Å². The zero-order valence-corrected chi connectivity index (χ0v) is 17.1. The first-order chi connectivity index (χ1) is 13.3. The first kappa shape index (κ1) is 20.2. The molecule has 1 unspecified atom stereocenters. The van der Waals surface area contributed by atoms with Crippen LogP contribution in [0, 0.1) is 6.92 Å². The molecule has 3 rings (SSSR count). The number of hydrogen-bond donors (Lipinski definition) is 1. The molecule has 0 saturated heterocycles. The molecule has 2 heterocycles. The number of halogens is 2. The van der Waals surface area contributed by atoms with E-state index in [-0.39, 0.29) is 4.88 Å². The van der Waals surface area contributed by atoms with Crippen LogP contribution in [0.2, 0.25) is 10.0 Å². The predicted octanol–water partition coefficient (Wildman–Crippen LogP) is 4.40. The standard InChI is InChI=1S/C18H14Cl2N4O3S/c1-9-14(28-17(23-9)15-21-6-3-7-22-15)18(26)27-10(2)16(25)24-13-8-11(19)4-5-12(13)20/h3-8,10H,1-2H3,(H,24,25). The van der Waals surface area contributed by atoms with Crippen molar-refractivity contribution in [1.29, 1.82) is 0 Å². The third kappa shape index (κ3) is 4.64. The quantitative estimate of drug-likeness (QED) is 0.595. The minimum Gasteiger partial charge on any atom is -0.448 e. The van der Waals surface area contributed by atoms with Gasteiger partial charge in [0.15, 0.2) is 16.9 Å². The first-order valence-corrected chi connectivity index (χ1v) is 9.64. The largest absolute Gasteiger partial charge is 0.448 e. The van der Waals surface area contributed by atoms with E-state index in [1.54, 1.807) is 37.5 Å². The summed E-state index contributed by atoms with van der Waals surface area (Å²) in [5.41, 5.74) is 0.808. The third-order valence-electron chi connectivity index (χ3n) is 3.58. The zero-order valence-electron chi connectivity index (χ0n) is 14.8. The molecule has 0 aliphatic carbocycles. The fraction of sp³-hybridized carbons (Fsp3) is 0.167. The van der Waals surface area contributed by atoms with Crippen LogP contribution in [0.1, 0.15) is 22.3 Å². The van der Waals surface area contributed by atoms with E-state index in [2.05, 4.69) is 20.3 Å². The van der Waals surface area contributed by atoms with Crippen LogP contribution in [0.15, 0.2) is 36.7 Å². The van der Waals surface area contributed by atoms with Crippen molar-refractivity contribution in [3.8, 4) is 10.8 Å². The molecule has 0 bridgehead atoms. The van der Waals surface area contributed by atoms with E-state index in [1.807, 2.05) is 0 Å². The number of carbonyl (C=O) groups is 2. The summed E-state index contributed by atoms with van der Waals surface area (Å²) in [5.74, 6) is -0.778. The number of nitrogens with one attached hydrogen (secondary N) is 1. The molecule has 7 nitrogen and oxygen atoms in total. The Balaban J connectivity index is 1.69.